The molecule has 0 aromatic heterocycles. The van der Waals surface area contributed by atoms with Gasteiger partial charge in [0.1, 0.15) is 0 Å². The van der Waals surface area contributed by atoms with Gasteiger partial charge in [0.25, 0.3) is 11.6 Å². The monoisotopic (exact) mass is 365 g/mol. The van der Waals surface area contributed by atoms with E-state index >= 15 is 0 Å². The van der Waals surface area contributed by atoms with E-state index < -0.39 is 22.4 Å². The van der Waals surface area contributed by atoms with Gasteiger partial charge >= 0.3 is 5.97 Å². The fourth-order valence-corrected chi connectivity index (χ4v) is 2.74. The molecular weight excluding hydrogens is 342 g/mol. The molecule has 2 rings (SSSR count). The number of rotatable bonds is 6. The molecule has 2 N–H and O–H groups in total. The Kier molecular flexibility index (Phi) is 6.27. The van der Waals surface area contributed by atoms with Crippen LogP contribution in [-0.4, -0.2) is 65.7 Å². The Morgan fingerprint density at radius 2 is 1.92 bits per heavy atom. The second-order valence-electron chi connectivity index (χ2n) is 6.46. The van der Waals surface area contributed by atoms with Crippen LogP contribution >= 0.6 is 0 Å². The highest BCUT2D eigenvalue weighted by Crippen LogP contribution is 2.21. The highest BCUT2D eigenvalue weighted by molar-refractivity contribution is 5.99. The number of nitro benzene ring substituents is 1. The van der Waals surface area contributed by atoms with E-state index in [4.69, 9.17) is 4.74 Å². The Morgan fingerprint density at radius 3 is 2.50 bits per heavy atom. The molecule has 1 fully saturated rings. The first-order valence-corrected chi connectivity index (χ1v) is 8.40. The van der Waals surface area contributed by atoms with Gasteiger partial charge in [0.15, 0.2) is 0 Å². The van der Waals surface area contributed by atoms with Crippen LogP contribution < -0.4 is 5.32 Å². The first-order chi connectivity index (χ1) is 12.2. The summed E-state index contributed by atoms with van der Waals surface area (Å²) in [6.07, 6.45) is 1.04. The molecule has 0 unspecified atom stereocenters. The number of carbonyl (C=O) groups excluding carboxylic acids is 2. The van der Waals surface area contributed by atoms with Crippen molar-refractivity contribution >= 4 is 17.6 Å². The molecule has 1 aliphatic rings. The van der Waals surface area contributed by atoms with Gasteiger partial charge in [0.05, 0.1) is 22.7 Å². The Bertz CT molecular complexity index is 698. The van der Waals surface area contributed by atoms with Gasteiger partial charge in [-0.3, -0.25) is 14.9 Å². The van der Waals surface area contributed by atoms with Crippen molar-refractivity contribution in [2.45, 2.75) is 25.4 Å². The predicted octanol–water partition coefficient (Wildman–Crippen LogP) is 0.958. The van der Waals surface area contributed by atoms with Gasteiger partial charge in [-0.25, -0.2) is 4.79 Å². The van der Waals surface area contributed by atoms with E-state index in [1.165, 1.54) is 6.07 Å². The SMILES string of the molecule is CCOC(=O)c1cc(C(=O)NCC2(O)CCN(C)CC2)cc([N+](=O)[O-])c1. The molecular formula is C17H23N3O6. The Hall–Kier alpha value is -2.52. The van der Waals surface area contributed by atoms with Crippen LogP contribution in [0.3, 0.4) is 0 Å². The summed E-state index contributed by atoms with van der Waals surface area (Å²) in [5.41, 5.74) is -1.48. The summed E-state index contributed by atoms with van der Waals surface area (Å²) in [7, 11) is 1.96. The molecule has 1 aliphatic heterocycles. The predicted molar refractivity (Wildman–Crippen MR) is 93.1 cm³/mol. The van der Waals surface area contributed by atoms with E-state index in [1.54, 1.807) is 6.92 Å². The molecule has 1 aromatic carbocycles. The topological polar surface area (TPSA) is 122 Å². The van der Waals surface area contributed by atoms with Crippen molar-refractivity contribution in [1.82, 2.24) is 10.2 Å². The molecule has 142 valence electrons. The van der Waals surface area contributed by atoms with Gasteiger partial charge in [0.2, 0.25) is 0 Å². The number of nitrogens with one attached hydrogen (secondary N) is 1. The van der Waals surface area contributed by atoms with Gasteiger partial charge in [-0.2, -0.15) is 0 Å². The van der Waals surface area contributed by atoms with Gasteiger partial charge in [-0.05, 0) is 32.9 Å². The van der Waals surface area contributed by atoms with Crippen molar-refractivity contribution in [1.29, 1.82) is 0 Å². The number of carbonyl (C=O) groups is 2. The zero-order chi connectivity index (χ0) is 19.3. The average Bonchev–Trinajstić information content (AvgIpc) is 2.62. The Morgan fingerprint density at radius 1 is 1.31 bits per heavy atom. The lowest BCUT2D eigenvalue weighted by Crippen LogP contribution is -2.50. The molecule has 0 aliphatic carbocycles. The number of hydrogen-bond acceptors (Lipinski definition) is 7. The van der Waals surface area contributed by atoms with Crippen LogP contribution in [0, 0.1) is 10.1 Å². The molecule has 0 saturated carbocycles. The van der Waals surface area contributed by atoms with Crippen LogP contribution in [0.25, 0.3) is 0 Å². The lowest BCUT2D eigenvalue weighted by molar-refractivity contribution is -0.384. The molecule has 9 nitrogen and oxygen atoms in total. The zero-order valence-electron chi connectivity index (χ0n) is 14.9. The largest absolute Gasteiger partial charge is 0.462 e. The fraction of sp³-hybridized carbons (Fsp3) is 0.529. The summed E-state index contributed by atoms with van der Waals surface area (Å²) < 4.78 is 4.84. The number of amides is 1. The maximum absolute atomic E-state index is 12.4. The Balaban J connectivity index is 2.14. The lowest BCUT2D eigenvalue weighted by Gasteiger charge is -2.36. The van der Waals surface area contributed by atoms with Crippen molar-refractivity contribution in [3.05, 3.63) is 39.4 Å². The van der Waals surface area contributed by atoms with Crippen molar-refractivity contribution < 1.29 is 24.4 Å². The number of ether oxygens (including phenoxy) is 1. The highest BCUT2D eigenvalue weighted by Gasteiger charge is 2.31. The van der Waals surface area contributed by atoms with E-state index in [2.05, 4.69) is 10.2 Å². The van der Waals surface area contributed by atoms with E-state index in [9.17, 15) is 24.8 Å². The van der Waals surface area contributed by atoms with E-state index in [1.807, 2.05) is 7.05 Å². The molecule has 1 amide bonds. The zero-order valence-corrected chi connectivity index (χ0v) is 14.9. The number of nitrogens with zero attached hydrogens (tertiary/aromatic N) is 2. The van der Waals surface area contributed by atoms with E-state index in [0.717, 1.165) is 25.2 Å². The number of hydrogen-bond donors (Lipinski definition) is 2. The summed E-state index contributed by atoms with van der Waals surface area (Å²) in [6.45, 7) is 3.21. The first kappa shape index (κ1) is 19.8. The van der Waals surface area contributed by atoms with Crippen LogP contribution in [0.4, 0.5) is 5.69 Å². The lowest BCUT2D eigenvalue weighted by atomic mass is 9.91. The summed E-state index contributed by atoms with van der Waals surface area (Å²) in [6, 6.07) is 3.41. The summed E-state index contributed by atoms with van der Waals surface area (Å²) >= 11 is 0. The maximum atomic E-state index is 12.4. The van der Waals surface area contributed by atoms with Crippen LogP contribution in [0.1, 0.15) is 40.5 Å². The van der Waals surface area contributed by atoms with Crippen molar-refractivity contribution in [2.75, 3.05) is 33.3 Å². The second kappa shape index (κ2) is 8.24. The van der Waals surface area contributed by atoms with Gasteiger partial charge < -0.3 is 20.1 Å². The minimum absolute atomic E-state index is 0.0289. The normalized spacial score (nSPS) is 16.7. The van der Waals surface area contributed by atoms with Gasteiger partial charge in [0, 0.05) is 37.3 Å². The molecule has 9 heteroatoms. The van der Waals surface area contributed by atoms with Crippen molar-refractivity contribution in [2.24, 2.45) is 0 Å². The minimum atomic E-state index is -1.01. The molecule has 0 bridgehead atoms. The first-order valence-electron chi connectivity index (χ1n) is 8.40. The van der Waals surface area contributed by atoms with E-state index in [0.29, 0.717) is 12.8 Å². The highest BCUT2D eigenvalue weighted by atomic mass is 16.6. The molecule has 0 atom stereocenters. The van der Waals surface area contributed by atoms with Crippen molar-refractivity contribution in [3.8, 4) is 0 Å². The van der Waals surface area contributed by atoms with Crippen LogP contribution in [0.2, 0.25) is 0 Å². The number of likely N-dealkylation sites (tertiary alicyclic amines) is 1. The fourth-order valence-electron chi connectivity index (χ4n) is 2.74. The van der Waals surface area contributed by atoms with Crippen LogP contribution in [0.5, 0.6) is 0 Å². The number of nitro groups is 1. The molecule has 0 spiro atoms. The smallest absolute Gasteiger partial charge is 0.338 e. The Labute approximate surface area is 151 Å². The third-order valence-corrected chi connectivity index (χ3v) is 4.40. The number of piperidine rings is 1. The molecule has 26 heavy (non-hydrogen) atoms. The average molecular weight is 365 g/mol. The maximum Gasteiger partial charge on any atom is 0.338 e. The van der Waals surface area contributed by atoms with Gasteiger partial charge in [-0.15, -0.1) is 0 Å². The number of non-ortho nitro benzene ring substituents is 1. The summed E-state index contributed by atoms with van der Waals surface area (Å²) in [5, 5.41) is 24.2. The third kappa shape index (κ3) is 4.99. The second-order valence-corrected chi connectivity index (χ2v) is 6.46. The third-order valence-electron chi connectivity index (χ3n) is 4.40. The molecule has 0 radical (unpaired) electrons. The number of esters is 1. The summed E-state index contributed by atoms with van der Waals surface area (Å²) in [5.74, 6) is -1.33. The van der Waals surface area contributed by atoms with Crippen LogP contribution in [0.15, 0.2) is 18.2 Å². The number of benzene rings is 1. The standard InChI is InChI=1S/C17H23N3O6/c1-3-26-16(22)13-8-12(9-14(10-13)20(24)25)15(21)18-11-17(23)4-6-19(2)7-5-17/h8-10,23H,3-7,11H2,1-2H3,(H,18,21). The number of aliphatic hydroxyl groups is 1. The van der Waals surface area contributed by atoms with Gasteiger partial charge in [-0.1, -0.05) is 0 Å². The molecule has 1 saturated heterocycles. The van der Waals surface area contributed by atoms with Crippen molar-refractivity contribution in [3.63, 3.8) is 0 Å². The van der Waals surface area contributed by atoms with Crippen LogP contribution in [-0.2, 0) is 4.74 Å². The minimum Gasteiger partial charge on any atom is -0.462 e. The quantitative estimate of drug-likeness (QED) is 0.437. The van der Waals surface area contributed by atoms with E-state index in [-0.39, 0.29) is 30.0 Å². The molecule has 1 heterocycles. The molecule has 1 aromatic rings. The summed E-state index contributed by atoms with van der Waals surface area (Å²) in [4.78, 5) is 36.7.